The minimum Gasteiger partial charge on any atom is -0.495 e. The summed E-state index contributed by atoms with van der Waals surface area (Å²) in [6, 6.07) is 15.4. The van der Waals surface area contributed by atoms with Gasteiger partial charge in [-0.25, -0.2) is 4.79 Å². The molecule has 1 saturated heterocycles. The van der Waals surface area contributed by atoms with Crippen LogP contribution in [0.5, 0.6) is 5.75 Å². The van der Waals surface area contributed by atoms with Crippen molar-refractivity contribution in [2.45, 2.75) is 71.2 Å². The number of hydrogen-bond acceptors (Lipinski definition) is 6. The van der Waals surface area contributed by atoms with Crippen LogP contribution in [0, 0.1) is 17.2 Å². The van der Waals surface area contributed by atoms with Gasteiger partial charge in [0.1, 0.15) is 29.5 Å². The minimum atomic E-state index is -0.844. The number of aryl methyl sites for hydroxylation is 1. The monoisotopic (exact) mass is 534 g/mol. The predicted octanol–water partition coefficient (Wildman–Crippen LogP) is 3.95. The molecule has 0 bridgehead atoms. The highest BCUT2D eigenvalue weighted by atomic mass is 16.6. The van der Waals surface area contributed by atoms with Crippen LogP contribution in [-0.4, -0.2) is 54.1 Å². The Bertz CT molecular complexity index is 1200. The van der Waals surface area contributed by atoms with Gasteiger partial charge in [0.15, 0.2) is 0 Å². The Labute approximate surface area is 230 Å². The number of methoxy groups -OCH3 is 1. The molecule has 1 unspecified atom stereocenters. The Morgan fingerprint density at radius 1 is 1.13 bits per heavy atom. The van der Waals surface area contributed by atoms with Crippen LogP contribution in [0.1, 0.15) is 57.2 Å². The average Bonchev–Trinajstić information content (AvgIpc) is 3.30. The number of rotatable bonds is 9. The fraction of sp³-hybridized carbons (Fsp3) is 0.467. The minimum absolute atomic E-state index is 0.121. The summed E-state index contributed by atoms with van der Waals surface area (Å²) < 4.78 is 10.7. The molecule has 0 aliphatic carbocycles. The van der Waals surface area contributed by atoms with Crippen LogP contribution in [0.4, 0.5) is 4.79 Å². The fourth-order valence-corrected chi connectivity index (χ4v) is 4.65. The van der Waals surface area contributed by atoms with Crippen molar-refractivity contribution < 1.29 is 23.9 Å². The quantitative estimate of drug-likeness (QED) is 0.503. The van der Waals surface area contributed by atoms with E-state index in [0.717, 1.165) is 11.1 Å². The fourth-order valence-electron chi connectivity index (χ4n) is 4.65. The summed E-state index contributed by atoms with van der Waals surface area (Å²) in [4.78, 5) is 41.3. The summed E-state index contributed by atoms with van der Waals surface area (Å²) in [5, 5.41) is 14.9. The van der Waals surface area contributed by atoms with E-state index in [4.69, 9.17) is 9.47 Å². The van der Waals surface area contributed by atoms with Crippen LogP contribution >= 0.6 is 0 Å². The van der Waals surface area contributed by atoms with Crippen molar-refractivity contribution in [2.24, 2.45) is 5.92 Å². The topological polar surface area (TPSA) is 121 Å². The normalized spacial score (nSPS) is 17.6. The van der Waals surface area contributed by atoms with Crippen molar-refractivity contribution in [3.63, 3.8) is 0 Å². The van der Waals surface area contributed by atoms with E-state index >= 15 is 0 Å². The number of amides is 3. The summed E-state index contributed by atoms with van der Waals surface area (Å²) in [5.41, 5.74) is 1.52. The maximum absolute atomic E-state index is 13.8. The number of nitrogens with one attached hydrogen (secondary N) is 2. The van der Waals surface area contributed by atoms with Gasteiger partial charge in [-0.2, -0.15) is 5.26 Å². The van der Waals surface area contributed by atoms with E-state index in [9.17, 15) is 19.6 Å². The lowest BCUT2D eigenvalue weighted by Crippen LogP contribution is -2.54. The Morgan fingerprint density at radius 2 is 1.85 bits per heavy atom. The zero-order valence-corrected chi connectivity index (χ0v) is 23.3. The number of carbonyl (C=O) groups excluding carboxylic acids is 3. The number of benzene rings is 2. The van der Waals surface area contributed by atoms with Crippen molar-refractivity contribution >= 4 is 17.9 Å². The van der Waals surface area contributed by atoms with Crippen LogP contribution in [0.25, 0.3) is 0 Å². The number of hydrogen-bond donors (Lipinski definition) is 2. The second-order valence-electron chi connectivity index (χ2n) is 10.9. The highest BCUT2D eigenvalue weighted by Crippen LogP contribution is 2.25. The molecule has 1 aliphatic rings. The number of ether oxygens (including phenoxy) is 2. The van der Waals surface area contributed by atoms with Gasteiger partial charge in [0, 0.05) is 13.1 Å². The molecule has 0 aromatic heterocycles. The van der Waals surface area contributed by atoms with Crippen LogP contribution < -0.4 is 15.4 Å². The van der Waals surface area contributed by atoms with Gasteiger partial charge >= 0.3 is 6.09 Å². The largest absolute Gasteiger partial charge is 0.495 e. The maximum Gasteiger partial charge on any atom is 0.408 e. The maximum atomic E-state index is 13.8. The van der Waals surface area contributed by atoms with Crippen LogP contribution in [0.15, 0.2) is 48.5 Å². The van der Waals surface area contributed by atoms with Crippen LogP contribution in [-0.2, 0) is 27.3 Å². The smallest absolute Gasteiger partial charge is 0.408 e. The van der Waals surface area contributed by atoms with E-state index in [1.165, 1.54) is 7.11 Å². The molecule has 0 radical (unpaired) electrons. The molecule has 3 atom stereocenters. The van der Waals surface area contributed by atoms with Gasteiger partial charge < -0.3 is 25.0 Å². The molecule has 9 nitrogen and oxygen atoms in total. The van der Waals surface area contributed by atoms with E-state index in [1.807, 2.05) is 37.3 Å². The molecule has 3 amide bonds. The lowest BCUT2D eigenvalue weighted by molar-refractivity contribution is -0.140. The van der Waals surface area contributed by atoms with Crippen molar-refractivity contribution in [2.75, 3.05) is 13.7 Å². The lowest BCUT2D eigenvalue weighted by Gasteiger charge is -2.29. The molecule has 9 heteroatoms. The number of nitriles is 1. The molecule has 2 aromatic carbocycles. The molecule has 3 rings (SSSR count). The zero-order valence-electron chi connectivity index (χ0n) is 23.3. The molecule has 1 fully saturated rings. The first kappa shape index (κ1) is 29.5. The highest BCUT2D eigenvalue weighted by Gasteiger charge is 2.40. The molecule has 0 saturated carbocycles. The summed E-state index contributed by atoms with van der Waals surface area (Å²) in [6.07, 6.45) is 0.795. The summed E-state index contributed by atoms with van der Waals surface area (Å²) >= 11 is 0. The van der Waals surface area contributed by atoms with E-state index in [-0.39, 0.29) is 24.3 Å². The molecule has 0 spiro atoms. The first-order valence-electron chi connectivity index (χ1n) is 13.2. The van der Waals surface area contributed by atoms with Gasteiger partial charge in [0.2, 0.25) is 11.8 Å². The molecular formula is C30H38N4O5. The van der Waals surface area contributed by atoms with Crippen LogP contribution in [0.3, 0.4) is 0 Å². The summed E-state index contributed by atoms with van der Waals surface area (Å²) in [6.45, 7) is 7.93. The Morgan fingerprint density at radius 3 is 2.49 bits per heavy atom. The zero-order chi connectivity index (χ0) is 28.6. The second-order valence-corrected chi connectivity index (χ2v) is 10.9. The molecule has 2 N–H and O–H groups in total. The molecule has 1 aliphatic heterocycles. The van der Waals surface area contributed by atoms with Crippen LogP contribution in [0.2, 0.25) is 0 Å². The third-order valence-electron chi connectivity index (χ3n) is 6.50. The van der Waals surface area contributed by atoms with E-state index in [1.54, 1.807) is 43.9 Å². The Hall–Kier alpha value is -4.06. The average molecular weight is 535 g/mol. The number of nitrogens with zero attached hydrogens (tertiary/aromatic N) is 2. The van der Waals surface area contributed by atoms with E-state index in [0.29, 0.717) is 37.1 Å². The number of alkyl carbamates (subject to hydrolysis) is 1. The van der Waals surface area contributed by atoms with Gasteiger partial charge in [-0.15, -0.1) is 0 Å². The number of carbonyl (C=O) groups is 3. The van der Waals surface area contributed by atoms with Crippen molar-refractivity contribution in [1.82, 2.24) is 15.5 Å². The van der Waals surface area contributed by atoms with Crippen molar-refractivity contribution in [3.05, 3.63) is 65.2 Å². The first-order valence-corrected chi connectivity index (χ1v) is 13.2. The van der Waals surface area contributed by atoms with Gasteiger partial charge in [0.25, 0.3) is 0 Å². The van der Waals surface area contributed by atoms with Gasteiger partial charge in [-0.05, 0) is 69.2 Å². The Balaban J connectivity index is 1.73. The molecule has 1 heterocycles. The van der Waals surface area contributed by atoms with Gasteiger partial charge in [-0.1, -0.05) is 43.3 Å². The van der Waals surface area contributed by atoms with Crippen molar-refractivity contribution in [3.8, 4) is 11.8 Å². The van der Waals surface area contributed by atoms with E-state index < -0.39 is 23.8 Å². The molecule has 39 heavy (non-hydrogen) atoms. The van der Waals surface area contributed by atoms with Gasteiger partial charge in [0.05, 0.1) is 12.7 Å². The lowest BCUT2D eigenvalue weighted by atomic mass is 10.0. The third kappa shape index (κ3) is 8.47. The molecule has 2 aromatic rings. The highest BCUT2D eigenvalue weighted by molar-refractivity contribution is 5.92. The summed E-state index contributed by atoms with van der Waals surface area (Å²) in [5.74, 6) is -0.0162. The predicted molar refractivity (Wildman–Crippen MR) is 147 cm³/mol. The SMILES string of the molecule is COc1cc(CNC(=O)[C@@H]2C[C@H](C)CN2C(=O)C(CCc2ccccc2)NC(=O)OC(C)(C)C)ccc1C#N. The molecular weight excluding hydrogens is 496 g/mol. The van der Waals surface area contributed by atoms with E-state index in [2.05, 4.69) is 16.7 Å². The first-order chi connectivity index (χ1) is 18.5. The standard InChI is InChI=1S/C30H38N4O5/c1-20-15-25(27(35)32-18-22-11-13-23(17-31)26(16-22)38-5)34(19-20)28(36)24(33-29(37)39-30(2,3)4)14-12-21-9-7-6-8-10-21/h6-11,13,16,20,24-25H,12,14-15,18-19H2,1-5H3,(H,32,35)(H,33,37)/t20-,24?,25-/m0/s1. The summed E-state index contributed by atoms with van der Waals surface area (Å²) in [7, 11) is 1.49. The van der Waals surface area contributed by atoms with Crippen molar-refractivity contribution in [1.29, 1.82) is 5.26 Å². The molecule has 208 valence electrons. The third-order valence-corrected chi connectivity index (χ3v) is 6.50. The number of likely N-dealkylation sites (tertiary alicyclic amines) is 1. The Kier molecular flexibility index (Phi) is 9.94. The second kappa shape index (κ2) is 13.1. The van der Waals surface area contributed by atoms with Gasteiger partial charge in [-0.3, -0.25) is 9.59 Å².